The molecule has 6 nitrogen and oxygen atoms in total. The number of likely N-dealkylation sites (tertiary alicyclic amines) is 1. The monoisotopic (exact) mass is 397 g/mol. The predicted molar refractivity (Wildman–Crippen MR) is 108 cm³/mol. The molecule has 0 bridgehead atoms. The lowest BCUT2D eigenvalue weighted by Gasteiger charge is -2.32. The predicted octanol–water partition coefficient (Wildman–Crippen LogP) is 4.40. The molecule has 0 unspecified atom stereocenters. The van der Waals surface area contributed by atoms with Gasteiger partial charge < -0.3 is 19.7 Å². The van der Waals surface area contributed by atoms with Gasteiger partial charge in [-0.3, -0.25) is 0 Å². The molecule has 7 heteroatoms. The summed E-state index contributed by atoms with van der Waals surface area (Å²) in [5.41, 5.74) is 2.95. The van der Waals surface area contributed by atoms with Gasteiger partial charge in [0.05, 0.1) is 18.7 Å². The van der Waals surface area contributed by atoms with Crippen LogP contribution in [0.4, 0.5) is 14.9 Å². The van der Waals surface area contributed by atoms with Crippen LogP contribution in [0.1, 0.15) is 29.5 Å². The molecule has 0 aromatic heterocycles. The highest BCUT2D eigenvalue weighted by molar-refractivity contribution is 5.90. The summed E-state index contributed by atoms with van der Waals surface area (Å²) < 4.78 is 25.1. The van der Waals surface area contributed by atoms with Crippen molar-refractivity contribution in [2.24, 2.45) is 0 Å². The Balaban J connectivity index is 1.57. The van der Waals surface area contributed by atoms with E-state index in [0.717, 1.165) is 28.6 Å². The number of rotatable bonds is 4. The first-order valence-electron chi connectivity index (χ1n) is 9.48. The molecule has 0 spiro atoms. The third-order valence-electron chi connectivity index (χ3n) is 5.07. The van der Waals surface area contributed by atoms with Crippen LogP contribution < -0.4 is 14.8 Å². The molecule has 2 aromatic rings. The molecule has 2 aromatic carbocycles. The van der Waals surface area contributed by atoms with Crippen molar-refractivity contribution >= 4 is 11.7 Å². The Kier molecular flexibility index (Phi) is 6.23. The molecular formula is C22H24FN3O3. The number of methoxy groups -OCH3 is 1. The van der Waals surface area contributed by atoms with E-state index in [1.165, 1.54) is 12.1 Å². The quantitative estimate of drug-likeness (QED) is 0.830. The molecule has 1 aliphatic heterocycles. The van der Waals surface area contributed by atoms with Crippen LogP contribution in [0.2, 0.25) is 0 Å². The van der Waals surface area contributed by atoms with Crippen LogP contribution in [-0.2, 0) is 0 Å². The van der Waals surface area contributed by atoms with Crippen LogP contribution in [0, 0.1) is 31.0 Å². The Morgan fingerprint density at radius 2 is 1.90 bits per heavy atom. The Labute approximate surface area is 169 Å². The number of halogens is 1. The lowest BCUT2D eigenvalue weighted by molar-refractivity contribution is 0.112. The van der Waals surface area contributed by atoms with Crippen molar-refractivity contribution in [3.63, 3.8) is 0 Å². The molecule has 3 rings (SSSR count). The van der Waals surface area contributed by atoms with Crippen molar-refractivity contribution in [1.29, 1.82) is 5.26 Å². The summed E-state index contributed by atoms with van der Waals surface area (Å²) in [6.07, 6.45) is 1.02. The smallest absolute Gasteiger partial charge is 0.321 e. The number of benzene rings is 2. The number of carbonyl (C=O) groups excluding carboxylic acids is 1. The Morgan fingerprint density at radius 1 is 1.17 bits per heavy atom. The number of carbonyl (C=O) groups is 1. The van der Waals surface area contributed by atoms with Gasteiger partial charge in [0.25, 0.3) is 0 Å². The Morgan fingerprint density at radius 3 is 2.52 bits per heavy atom. The average Bonchev–Trinajstić information content (AvgIpc) is 2.72. The number of hydrogen-bond donors (Lipinski definition) is 1. The van der Waals surface area contributed by atoms with E-state index in [1.54, 1.807) is 12.0 Å². The molecule has 152 valence electrons. The summed E-state index contributed by atoms with van der Waals surface area (Å²) in [5, 5.41) is 11.8. The summed E-state index contributed by atoms with van der Waals surface area (Å²) in [7, 11) is 1.60. The zero-order chi connectivity index (χ0) is 21.0. The third-order valence-corrected chi connectivity index (χ3v) is 5.07. The van der Waals surface area contributed by atoms with Crippen LogP contribution in [0.25, 0.3) is 0 Å². The molecule has 1 fully saturated rings. The first-order chi connectivity index (χ1) is 13.9. The molecular weight excluding hydrogens is 373 g/mol. The number of hydrogen-bond acceptors (Lipinski definition) is 4. The SMILES string of the molecule is COc1cc(NC(=O)N2CCC(Oc3ccc(C#N)cc3F)CC2)c(C)cc1C. The van der Waals surface area contributed by atoms with Crippen molar-refractivity contribution < 1.29 is 18.7 Å². The largest absolute Gasteiger partial charge is 0.496 e. The van der Waals surface area contributed by atoms with Gasteiger partial charge in [-0.25, -0.2) is 9.18 Å². The number of piperidine rings is 1. The summed E-state index contributed by atoms with van der Waals surface area (Å²) in [4.78, 5) is 14.4. The lowest BCUT2D eigenvalue weighted by atomic mass is 10.1. The second kappa shape index (κ2) is 8.82. The molecule has 1 N–H and O–H groups in total. The molecule has 1 aliphatic rings. The lowest BCUT2D eigenvalue weighted by Crippen LogP contribution is -2.43. The van der Waals surface area contributed by atoms with Crippen LogP contribution in [0.5, 0.6) is 11.5 Å². The van der Waals surface area contributed by atoms with Gasteiger partial charge in [0.15, 0.2) is 11.6 Å². The van der Waals surface area contributed by atoms with Gasteiger partial charge in [-0.2, -0.15) is 5.26 Å². The fourth-order valence-corrected chi connectivity index (χ4v) is 3.40. The first kappa shape index (κ1) is 20.5. The molecule has 0 aliphatic carbocycles. The van der Waals surface area contributed by atoms with Crippen LogP contribution in [-0.4, -0.2) is 37.2 Å². The van der Waals surface area contributed by atoms with E-state index in [9.17, 15) is 9.18 Å². The molecule has 29 heavy (non-hydrogen) atoms. The van der Waals surface area contributed by atoms with Crippen LogP contribution in [0.3, 0.4) is 0 Å². The first-order valence-corrected chi connectivity index (χ1v) is 9.48. The summed E-state index contributed by atoms with van der Waals surface area (Å²) in [6.45, 7) is 4.92. The minimum atomic E-state index is -0.548. The number of nitriles is 1. The Hall–Kier alpha value is -3.27. The number of anilines is 1. The van der Waals surface area contributed by atoms with Crippen LogP contribution >= 0.6 is 0 Å². The van der Waals surface area contributed by atoms with Crippen LogP contribution in [0.15, 0.2) is 30.3 Å². The zero-order valence-corrected chi connectivity index (χ0v) is 16.8. The Bertz CT molecular complexity index is 947. The van der Waals surface area contributed by atoms with E-state index < -0.39 is 5.82 Å². The molecule has 1 saturated heterocycles. The number of aryl methyl sites for hydroxylation is 2. The summed E-state index contributed by atoms with van der Waals surface area (Å²) >= 11 is 0. The fourth-order valence-electron chi connectivity index (χ4n) is 3.40. The summed E-state index contributed by atoms with van der Waals surface area (Å²) in [6, 6.07) is 9.68. The van der Waals surface area contributed by atoms with Crippen molar-refractivity contribution in [2.75, 3.05) is 25.5 Å². The molecule has 0 radical (unpaired) electrons. The second-order valence-corrected chi connectivity index (χ2v) is 7.13. The van der Waals surface area contributed by atoms with Gasteiger partial charge in [-0.15, -0.1) is 0 Å². The third kappa shape index (κ3) is 4.77. The molecule has 0 saturated carbocycles. The van der Waals surface area contributed by atoms with Gasteiger partial charge in [0.2, 0.25) is 0 Å². The van der Waals surface area contributed by atoms with E-state index in [-0.39, 0.29) is 23.4 Å². The van der Waals surface area contributed by atoms with Gasteiger partial charge in [0.1, 0.15) is 11.9 Å². The van der Waals surface area contributed by atoms with Crippen molar-refractivity contribution in [1.82, 2.24) is 4.90 Å². The molecule has 0 atom stereocenters. The number of amides is 2. The highest BCUT2D eigenvalue weighted by Crippen LogP contribution is 2.27. The van der Waals surface area contributed by atoms with Crippen molar-refractivity contribution in [2.45, 2.75) is 32.8 Å². The highest BCUT2D eigenvalue weighted by Gasteiger charge is 2.25. The van der Waals surface area contributed by atoms with E-state index in [1.807, 2.05) is 32.0 Å². The minimum absolute atomic E-state index is 0.134. The van der Waals surface area contributed by atoms with Gasteiger partial charge in [-0.1, -0.05) is 6.07 Å². The maximum atomic E-state index is 14.0. The topological polar surface area (TPSA) is 74.6 Å². The van der Waals surface area contributed by atoms with Gasteiger partial charge in [0, 0.05) is 37.7 Å². The fraction of sp³-hybridized carbons (Fsp3) is 0.364. The zero-order valence-electron chi connectivity index (χ0n) is 16.8. The standard InChI is InChI=1S/C22H24FN3O3/c1-14-10-15(2)21(28-3)12-19(14)25-22(27)26-8-6-17(7-9-26)29-20-5-4-16(13-24)11-18(20)23/h4-5,10-12,17H,6-9H2,1-3H3,(H,25,27). The van der Waals surface area contributed by atoms with Crippen molar-refractivity contribution in [3.8, 4) is 17.6 Å². The van der Waals surface area contributed by atoms with Crippen molar-refractivity contribution in [3.05, 3.63) is 52.8 Å². The minimum Gasteiger partial charge on any atom is -0.496 e. The van der Waals surface area contributed by atoms with Gasteiger partial charge in [-0.05, 0) is 43.2 Å². The van der Waals surface area contributed by atoms with E-state index in [4.69, 9.17) is 14.7 Å². The van der Waals surface area contributed by atoms with E-state index >= 15 is 0 Å². The van der Waals surface area contributed by atoms with Gasteiger partial charge >= 0.3 is 6.03 Å². The molecule has 2 amide bonds. The number of nitrogens with zero attached hydrogens (tertiary/aromatic N) is 2. The average molecular weight is 397 g/mol. The highest BCUT2D eigenvalue weighted by atomic mass is 19.1. The number of ether oxygens (including phenoxy) is 2. The maximum Gasteiger partial charge on any atom is 0.321 e. The van der Waals surface area contributed by atoms with E-state index in [0.29, 0.717) is 25.9 Å². The summed E-state index contributed by atoms with van der Waals surface area (Å²) in [5.74, 6) is 0.310. The second-order valence-electron chi connectivity index (χ2n) is 7.13. The van der Waals surface area contributed by atoms with E-state index in [2.05, 4.69) is 5.32 Å². The normalized spacial score (nSPS) is 14.2. The number of nitrogens with one attached hydrogen (secondary N) is 1. The maximum absolute atomic E-state index is 14.0. The number of urea groups is 1. The molecule has 1 heterocycles.